The van der Waals surface area contributed by atoms with Gasteiger partial charge in [0.2, 0.25) is 0 Å². The van der Waals surface area contributed by atoms with E-state index in [0.29, 0.717) is 16.6 Å². The van der Waals surface area contributed by atoms with Crippen molar-refractivity contribution in [3.8, 4) is 0 Å². The molecule has 0 spiro atoms. The minimum atomic E-state index is -1.02. The van der Waals surface area contributed by atoms with E-state index in [1.165, 1.54) is 11.3 Å². The second-order valence-electron chi connectivity index (χ2n) is 7.05. The fourth-order valence-electron chi connectivity index (χ4n) is 3.01. The second-order valence-corrected chi connectivity index (χ2v) is 8.26. The highest BCUT2D eigenvalue weighted by Crippen LogP contribution is 2.27. The van der Waals surface area contributed by atoms with Crippen LogP contribution in [0.5, 0.6) is 0 Å². The molecule has 10 heteroatoms. The van der Waals surface area contributed by atoms with Crippen LogP contribution in [0.4, 0.5) is 4.79 Å². The molecule has 2 N–H and O–H groups in total. The summed E-state index contributed by atoms with van der Waals surface area (Å²) in [5.41, 5.74) is -0.435. The molecule has 1 aliphatic heterocycles. The quantitative estimate of drug-likeness (QED) is 0.578. The molecule has 28 heavy (non-hydrogen) atoms. The maximum atomic E-state index is 12.4. The van der Waals surface area contributed by atoms with Crippen LogP contribution in [0.2, 0.25) is 0 Å². The van der Waals surface area contributed by atoms with Crippen LogP contribution in [0.25, 0.3) is 10.2 Å². The van der Waals surface area contributed by atoms with Gasteiger partial charge >= 0.3 is 12.0 Å². The second kappa shape index (κ2) is 7.01. The summed E-state index contributed by atoms with van der Waals surface area (Å²) in [4.78, 5) is 58.4. The Kier molecular flexibility index (Phi) is 5.00. The predicted molar refractivity (Wildman–Crippen MR) is 103 cm³/mol. The number of carbonyl (C=O) groups is 3. The number of fused-ring (bicyclic) bond motifs is 1. The molecule has 1 fully saturated rings. The van der Waals surface area contributed by atoms with E-state index in [-0.39, 0.29) is 11.4 Å². The zero-order valence-corrected chi connectivity index (χ0v) is 17.2. The molecule has 2 aromatic heterocycles. The number of thiophene rings is 1. The van der Waals surface area contributed by atoms with Gasteiger partial charge in [-0.3, -0.25) is 19.3 Å². The van der Waals surface area contributed by atoms with Gasteiger partial charge in [0.25, 0.3) is 11.5 Å². The van der Waals surface area contributed by atoms with Crippen molar-refractivity contribution in [2.45, 2.75) is 52.7 Å². The number of urea groups is 1. The number of amides is 3. The van der Waals surface area contributed by atoms with Gasteiger partial charge in [-0.15, -0.1) is 11.3 Å². The number of hydrogen-bond donors (Lipinski definition) is 2. The molecule has 1 saturated heterocycles. The number of ether oxygens (including phenoxy) is 1. The molecular formula is C18H22N4O5S. The van der Waals surface area contributed by atoms with Crippen LogP contribution < -0.4 is 10.9 Å². The number of nitrogens with zero attached hydrogens (tertiary/aromatic N) is 2. The number of aromatic nitrogens is 2. The Hall–Kier alpha value is -2.75. The van der Waals surface area contributed by atoms with Crippen molar-refractivity contribution < 1.29 is 19.1 Å². The summed E-state index contributed by atoms with van der Waals surface area (Å²) in [6.45, 7) is 8.21. The minimum absolute atomic E-state index is 0.211. The largest absolute Gasteiger partial charge is 0.453 e. The Morgan fingerprint density at radius 2 is 2.00 bits per heavy atom. The summed E-state index contributed by atoms with van der Waals surface area (Å²) in [7, 11) is 0. The highest BCUT2D eigenvalue weighted by molar-refractivity contribution is 7.18. The van der Waals surface area contributed by atoms with Gasteiger partial charge < -0.3 is 15.0 Å². The maximum Gasteiger partial charge on any atom is 0.326 e. The normalized spacial score (nSPS) is 20.5. The lowest BCUT2D eigenvalue weighted by molar-refractivity contribution is -0.152. The molecule has 0 aliphatic carbocycles. The fraction of sp³-hybridized carbons (Fsp3) is 0.500. The first-order valence-electron chi connectivity index (χ1n) is 8.91. The molecule has 0 saturated carbocycles. The number of hydrogen-bond acceptors (Lipinski definition) is 7. The number of nitrogens with one attached hydrogen (secondary N) is 2. The third kappa shape index (κ3) is 3.28. The van der Waals surface area contributed by atoms with Crippen molar-refractivity contribution in [3.63, 3.8) is 0 Å². The SMILES string of the molecule is CC[C@@]1(C)NC(=O)N(CC(=O)O[C@H](C)c2nc3sc(C)c(C)c3c(=O)[nH]2)C1=O. The average Bonchev–Trinajstić information content (AvgIpc) is 3.03. The molecule has 9 nitrogen and oxygen atoms in total. The average molecular weight is 406 g/mol. The third-order valence-electron chi connectivity index (χ3n) is 5.09. The first kappa shape index (κ1) is 20.0. The van der Waals surface area contributed by atoms with Crippen LogP contribution in [0.15, 0.2) is 4.79 Å². The molecular weight excluding hydrogens is 384 g/mol. The van der Waals surface area contributed by atoms with Gasteiger partial charge in [0.05, 0.1) is 5.39 Å². The van der Waals surface area contributed by atoms with Crippen LogP contribution in [-0.4, -0.2) is 44.9 Å². The Morgan fingerprint density at radius 3 is 2.61 bits per heavy atom. The van der Waals surface area contributed by atoms with Gasteiger partial charge in [-0.05, 0) is 39.7 Å². The van der Waals surface area contributed by atoms with Crippen molar-refractivity contribution in [3.05, 3.63) is 26.6 Å². The van der Waals surface area contributed by atoms with Crippen molar-refractivity contribution in [1.82, 2.24) is 20.2 Å². The minimum Gasteiger partial charge on any atom is -0.453 e. The number of aromatic amines is 1. The van der Waals surface area contributed by atoms with E-state index in [1.54, 1.807) is 20.8 Å². The zero-order valence-electron chi connectivity index (χ0n) is 16.3. The van der Waals surface area contributed by atoms with Gasteiger partial charge in [-0.1, -0.05) is 6.92 Å². The molecule has 0 radical (unpaired) electrons. The molecule has 1 aliphatic rings. The number of carbonyl (C=O) groups excluding carboxylic acids is 3. The summed E-state index contributed by atoms with van der Waals surface area (Å²) in [5, 5.41) is 3.11. The number of esters is 1. The van der Waals surface area contributed by atoms with E-state index in [0.717, 1.165) is 15.3 Å². The maximum absolute atomic E-state index is 12.4. The lowest BCUT2D eigenvalue weighted by Gasteiger charge is -2.19. The summed E-state index contributed by atoms with van der Waals surface area (Å²) in [6.07, 6.45) is -0.435. The van der Waals surface area contributed by atoms with E-state index in [2.05, 4.69) is 15.3 Å². The first-order valence-corrected chi connectivity index (χ1v) is 9.72. The molecule has 0 unspecified atom stereocenters. The molecule has 3 heterocycles. The van der Waals surface area contributed by atoms with E-state index < -0.39 is 36.1 Å². The van der Waals surface area contributed by atoms with Crippen LogP contribution in [-0.2, 0) is 14.3 Å². The van der Waals surface area contributed by atoms with Crippen LogP contribution in [0, 0.1) is 13.8 Å². The van der Waals surface area contributed by atoms with Crippen molar-refractivity contribution >= 4 is 39.5 Å². The number of aryl methyl sites for hydroxylation is 2. The van der Waals surface area contributed by atoms with Crippen LogP contribution in [0.3, 0.4) is 0 Å². The lowest BCUT2D eigenvalue weighted by atomic mass is 9.99. The number of H-pyrrole nitrogens is 1. The van der Waals surface area contributed by atoms with Gasteiger partial charge in [0.15, 0.2) is 11.9 Å². The third-order valence-corrected chi connectivity index (χ3v) is 6.19. The molecule has 150 valence electrons. The molecule has 3 amide bonds. The highest BCUT2D eigenvalue weighted by atomic mass is 32.1. The smallest absolute Gasteiger partial charge is 0.326 e. The topological polar surface area (TPSA) is 121 Å². The van der Waals surface area contributed by atoms with E-state index in [1.807, 2.05) is 13.8 Å². The zero-order chi connectivity index (χ0) is 20.8. The Labute approximate surface area is 165 Å². The summed E-state index contributed by atoms with van der Waals surface area (Å²) in [5.74, 6) is -1.03. The van der Waals surface area contributed by atoms with E-state index in [9.17, 15) is 19.2 Å². The van der Waals surface area contributed by atoms with Crippen LogP contribution >= 0.6 is 11.3 Å². The predicted octanol–water partition coefficient (Wildman–Crippen LogP) is 1.93. The summed E-state index contributed by atoms with van der Waals surface area (Å²) >= 11 is 1.39. The van der Waals surface area contributed by atoms with E-state index in [4.69, 9.17) is 4.74 Å². The molecule has 2 atom stereocenters. The molecule has 0 aromatic carbocycles. The Morgan fingerprint density at radius 1 is 1.32 bits per heavy atom. The number of rotatable bonds is 5. The van der Waals surface area contributed by atoms with Crippen molar-refractivity contribution in [2.75, 3.05) is 6.54 Å². The van der Waals surface area contributed by atoms with Gasteiger partial charge in [-0.2, -0.15) is 0 Å². The molecule has 2 aromatic rings. The van der Waals surface area contributed by atoms with Crippen LogP contribution in [0.1, 0.15) is 49.6 Å². The standard InChI is InChI=1S/C18H22N4O5S/c1-6-18(5)16(25)22(17(26)21-18)7-11(23)27-9(3)13-19-14(24)12-8(2)10(4)28-15(12)20-13/h9H,6-7H2,1-5H3,(H,21,26)(H,19,20,24)/t9-,18-/m1/s1. The first-order chi connectivity index (χ1) is 13.1. The summed E-state index contributed by atoms with van der Waals surface area (Å²) < 4.78 is 5.30. The molecule has 3 rings (SSSR count). The van der Waals surface area contributed by atoms with Crippen molar-refractivity contribution in [2.24, 2.45) is 0 Å². The van der Waals surface area contributed by atoms with Crippen molar-refractivity contribution in [1.29, 1.82) is 0 Å². The van der Waals surface area contributed by atoms with Gasteiger partial charge in [0.1, 0.15) is 16.9 Å². The Bertz CT molecular complexity index is 1040. The monoisotopic (exact) mass is 406 g/mol. The lowest BCUT2D eigenvalue weighted by Crippen LogP contribution is -2.43. The molecule has 0 bridgehead atoms. The Balaban J connectivity index is 1.75. The number of imide groups is 1. The fourth-order valence-corrected chi connectivity index (χ4v) is 4.05. The highest BCUT2D eigenvalue weighted by Gasteiger charge is 2.47. The van der Waals surface area contributed by atoms with E-state index >= 15 is 0 Å². The summed E-state index contributed by atoms with van der Waals surface area (Å²) in [6, 6.07) is -0.628. The van der Waals surface area contributed by atoms with Gasteiger partial charge in [0, 0.05) is 4.88 Å². The van der Waals surface area contributed by atoms with Gasteiger partial charge in [-0.25, -0.2) is 9.78 Å².